The zero-order valence-corrected chi connectivity index (χ0v) is 9.17. The molecule has 84 valence electrons. The van der Waals surface area contributed by atoms with Gasteiger partial charge in [-0.2, -0.15) is 0 Å². The van der Waals surface area contributed by atoms with Crippen molar-refractivity contribution in [2.24, 2.45) is 0 Å². The highest BCUT2D eigenvalue weighted by molar-refractivity contribution is 5.70. The topological polar surface area (TPSA) is 49.9 Å². The fraction of sp³-hybridized carbons (Fsp3) is 0.455. The molecule has 0 saturated carbocycles. The van der Waals surface area contributed by atoms with E-state index in [1.54, 1.807) is 13.2 Å². The fourth-order valence-corrected chi connectivity index (χ4v) is 1.80. The van der Waals surface area contributed by atoms with Gasteiger partial charge >= 0.3 is 5.69 Å². The van der Waals surface area contributed by atoms with Gasteiger partial charge in [0, 0.05) is 19.7 Å². The van der Waals surface area contributed by atoms with Gasteiger partial charge in [-0.3, -0.25) is 0 Å². The maximum absolute atomic E-state index is 8.91. The standard InChI is InChI=1S/C11H14N3O2/c1-15-11-8-14(6-7-16-11)10-5-3-2-4-9(10)13-12/h2-5,11H,6-8H2,1H3/q+1. The molecule has 1 aromatic carbocycles. The number of hydrogen-bond donors (Lipinski definition) is 0. The second-order valence-electron chi connectivity index (χ2n) is 3.57. The molecule has 1 heterocycles. The van der Waals surface area contributed by atoms with Crippen LogP contribution >= 0.6 is 0 Å². The Bertz CT molecular complexity index is 402. The van der Waals surface area contributed by atoms with E-state index in [9.17, 15) is 0 Å². The van der Waals surface area contributed by atoms with E-state index in [2.05, 4.69) is 9.88 Å². The van der Waals surface area contributed by atoms with Crippen LogP contribution in [-0.2, 0) is 9.47 Å². The summed E-state index contributed by atoms with van der Waals surface area (Å²) in [5.41, 5.74) is 1.47. The lowest BCUT2D eigenvalue weighted by Crippen LogP contribution is -2.43. The molecule has 16 heavy (non-hydrogen) atoms. The molecular weight excluding hydrogens is 206 g/mol. The van der Waals surface area contributed by atoms with Crippen LogP contribution in [0.1, 0.15) is 0 Å². The summed E-state index contributed by atoms with van der Waals surface area (Å²) in [4.78, 5) is 5.36. The molecule has 1 atom stereocenters. The van der Waals surface area contributed by atoms with E-state index in [1.807, 2.05) is 18.2 Å². The molecule has 1 fully saturated rings. The highest BCUT2D eigenvalue weighted by Gasteiger charge is 2.25. The number of anilines is 1. The predicted molar refractivity (Wildman–Crippen MR) is 60.1 cm³/mol. The van der Waals surface area contributed by atoms with Gasteiger partial charge in [-0.25, -0.2) is 0 Å². The summed E-state index contributed by atoms with van der Waals surface area (Å²) in [6, 6.07) is 7.45. The van der Waals surface area contributed by atoms with Crippen molar-refractivity contribution in [3.63, 3.8) is 0 Å². The maximum Gasteiger partial charge on any atom is 0.408 e. The van der Waals surface area contributed by atoms with Crippen LogP contribution in [0, 0.1) is 5.39 Å². The van der Waals surface area contributed by atoms with Crippen molar-refractivity contribution >= 4 is 11.4 Å². The van der Waals surface area contributed by atoms with Crippen molar-refractivity contribution in [1.82, 2.24) is 0 Å². The first-order chi connectivity index (χ1) is 7.85. The molecule has 0 aromatic heterocycles. The zero-order chi connectivity index (χ0) is 11.4. The summed E-state index contributed by atoms with van der Waals surface area (Å²) in [6.07, 6.45) is -0.222. The normalized spacial score (nSPS) is 20.5. The minimum atomic E-state index is -0.222. The minimum Gasteiger partial charge on any atom is -0.358 e. The van der Waals surface area contributed by atoms with Gasteiger partial charge in [-0.05, 0) is 6.07 Å². The average Bonchev–Trinajstić information content (AvgIpc) is 2.38. The lowest BCUT2D eigenvalue weighted by molar-refractivity contribution is -0.128. The molecule has 0 aliphatic carbocycles. The van der Waals surface area contributed by atoms with Crippen molar-refractivity contribution in [2.45, 2.75) is 6.29 Å². The van der Waals surface area contributed by atoms with E-state index in [0.29, 0.717) is 18.8 Å². The summed E-state index contributed by atoms with van der Waals surface area (Å²) in [5, 5.41) is 8.91. The number of methoxy groups -OCH3 is 1. The summed E-state index contributed by atoms with van der Waals surface area (Å²) in [6.45, 7) is 2.02. The molecular formula is C11H14N3O2+. The summed E-state index contributed by atoms with van der Waals surface area (Å²) in [7, 11) is 1.62. The fourth-order valence-electron chi connectivity index (χ4n) is 1.80. The molecule has 0 N–H and O–H groups in total. The lowest BCUT2D eigenvalue weighted by atomic mass is 10.2. The van der Waals surface area contributed by atoms with Crippen LogP contribution in [0.15, 0.2) is 24.3 Å². The molecule has 5 heteroatoms. The Morgan fingerprint density at radius 3 is 3.06 bits per heavy atom. The smallest absolute Gasteiger partial charge is 0.358 e. The molecule has 0 radical (unpaired) electrons. The first-order valence-electron chi connectivity index (χ1n) is 5.18. The van der Waals surface area contributed by atoms with Gasteiger partial charge in [-0.15, -0.1) is 0 Å². The van der Waals surface area contributed by atoms with Crippen molar-refractivity contribution in [3.05, 3.63) is 29.2 Å². The number of nitrogens with zero attached hydrogens (tertiary/aromatic N) is 3. The van der Waals surface area contributed by atoms with E-state index in [0.717, 1.165) is 12.2 Å². The first-order valence-corrected chi connectivity index (χ1v) is 5.18. The SMILES string of the molecule is COC1CN(c2ccccc2[N+]#N)CCO1. The Morgan fingerprint density at radius 2 is 2.31 bits per heavy atom. The van der Waals surface area contributed by atoms with Gasteiger partial charge in [0.15, 0.2) is 11.3 Å². The Labute approximate surface area is 94.2 Å². The second kappa shape index (κ2) is 4.92. The third kappa shape index (κ3) is 2.13. The van der Waals surface area contributed by atoms with Crippen molar-refractivity contribution in [1.29, 1.82) is 5.39 Å². The van der Waals surface area contributed by atoms with E-state index in [1.165, 1.54) is 0 Å². The number of benzene rings is 1. The number of ether oxygens (including phenoxy) is 2. The largest absolute Gasteiger partial charge is 0.408 e. The van der Waals surface area contributed by atoms with Crippen LogP contribution in [0.2, 0.25) is 0 Å². The Kier molecular flexibility index (Phi) is 3.34. The molecule has 1 aliphatic heterocycles. The van der Waals surface area contributed by atoms with Crippen LogP contribution in [0.5, 0.6) is 0 Å². The molecule has 1 aliphatic rings. The molecule has 1 saturated heterocycles. The predicted octanol–water partition coefficient (Wildman–Crippen LogP) is 1.98. The summed E-state index contributed by atoms with van der Waals surface area (Å²) < 4.78 is 10.6. The van der Waals surface area contributed by atoms with Crippen molar-refractivity contribution in [2.75, 3.05) is 31.7 Å². The maximum atomic E-state index is 8.91. The highest BCUT2D eigenvalue weighted by atomic mass is 16.7. The van der Waals surface area contributed by atoms with Gasteiger partial charge in [-0.1, -0.05) is 12.1 Å². The van der Waals surface area contributed by atoms with Crippen molar-refractivity contribution < 1.29 is 9.47 Å². The van der Waals surface area contributed by atoms with Crippen LogP contribution < -0.4 is 4.90 Å². The Hall–Kier alpha value is -1.64. The molecule has 0 spiro atoms. The lowest BCUT2D eigenvalue weighted by Gasteiger charge is -2.32. The van der Waals surface area contributed by atoms with E-state index in [-0.39, 0.29) is 6.29 Å². The van der Waals surface area contributed by atoms with Gasteiger partial charge in [0.2, 0.25) is 5.39 Å². The summed E-state index contributed by atoms with van der Waals surface area (Å²) in [5.74, 6) is 0. The Morgan fingerprint density at radius 1 is 1.50 bits per heavy atom. The molecule has 0 amide bonds. The quantitative estimate of drug-likeness (QED) is 0.715. The molecule has 0 bridgehead atoms. The number of hydrogen-bond acceptors (Lipinski definition) is 4. The van der Waals surface area contributed by atoms with Crippen molar-refractivity contribution in [3.8, 4) is 0 Å². The molecule has 1 aromatic rings. The van der Waals surface area contributed by atoms with E-state index in [4.69, 9.17) is 14.9 Å². The molecule has 1 unspecified atom stereocenters. The minimum absolute atomic E-state index is 0.222. The van der Waals surface area contributed by atoms with Crippen LogP contribution in [0.25, 0.3) is 4.98 Å². The van der Waals surface area contributed by atoms with Gasteiger partial charge < -0.3 is 14.4 Å². The van der Waals surface area contributed by atoms with Gasteiger partial charge in [0.1, 0.15) is 5.69 Å². The monoisotopic (exact) mass is 220 g/mol. The van der Waals surface area contributed by atoms with Crippen LogP contribution in [0.4, 0.5) is 11.4 Å². The van der Waals surface area contributed by atoms with Crippen LogP contribution in [-0.4, -0.2) is 33.1 Å². The van der Waals surface area contributed by atoms with Gasteiger partial charge in [0.25, 0.3) is 0 Å². The van der Waals surface area contributed by atoms with Gasteiger partial charge in [0.05, 0.1) is 13.2 Å². The van der Waals surface area contributed by atoms with Crippen LogP contribution in [0.3, 0.4) is 0 Å². The zero-order valence-electron chi connectivity index (χ0n) is 9.17. The molecule has 5 nitrogen and oxygen atoms in total. The van der Waals surface area contributed by atoms with E-state index >= 15 is 0 Å². The number of para-hydroxylation sites is 1. The average molecular weight is 220 g/mol. The highest BCUT2D eigenvalue weighted by Crippen LogP contribution is 2.29. The number of rotatable bonds is 2. The number of morpholine rings is 1. The summed E-state index contributed by atoms with van der Waals surface area (Å²) >= 11 is 0. The first kappa shape index (κ1) is 10.9. The third-order valence-corrected chi connectivity index (χ3v) is 2.63. The van der Waals surface area contributed by atoms with E-state index < -0.39 is 0 Å². The third-order valence-electron chi connectivity index (χ3n) is 2.63. The second-order valence-corrected chi connectivity index (χ2v) is 3.57. The Balaban J connectivity index is 2.20. The number of diazo groups is 1. The molecule has 2 rings (SSSR count).